The Hall–Kier alpha value is -3.12. The molecule has 1 aliphatic heterocycles. The molecule has 0 saturated carbocycles. The number of aryl methyl sites for hydroxylation is 2. The van der Waals surface area contributed by atoms with Crippen LogP contribution in [0.25, 0.3) is 10.9 Å². The zero-order valence-corrected chi connectivity index (χ0v) is 17.7. The van der Waals surface area contributed by atoms with E-state index in [2.05, 4.69) is 16.9 Å². The second-order valence-electron chi connectivity index (χ2n) is 7.75. The molecule has 7 heteroatoms. The first-order valence-corrected chi connectivity index (χ1v) is 10.1. The molecular formula is C23H23ClN4O2. The maximum atomic E-state index is 12.6. The van der Waals surface area contributed by atoms with Crippen molar-refractivity contribution in [2.45, 2.75) is 18.9 Å². The van der Waals surface area contributed by atoms with Crippen molar-refractivity contribution in [1.82, 2.24) is 14.5 Å². The van der Waals surface area contributed by atoms with Crippen molar-refractivity contribution in [3.63, 3.8) is 0 Å². The molecule has 1 atom stereocenters. The van der Waals surface area contributed by atoms with Gasteiger partial charge in [-0.1, -0.05) is 30.3 Å². The molecule has 1 fully saturated rings. The molecule has 0 radical (unpaired) electrons. The minimum absolute atomic E-state index is 0.110. The first-order valence-electron chi connectivity index (χ1n) is 9.75. The molecule has 6 nitrogen and oxygen atoms in total. The van der Waals surface area contributed by atoms with Crippen LogP contribution in [0.15, 0.2) is 60.2 Å². The molecule has 1 amide bonds. The maximum absolute atomic E-state index is 12.6. The Bertz CT molecular complexity index is 1200. The summed E-state index contributed by atoms with van der Waals surface area (Å²) in [5, 5.41) is 4.79. The maximum Gasteiger partial charge on any atom is 0.260 e. The third kappa shape index (κ3) is 3.37. The highest BCUT2D eigenvalue weighted by atomic mass is 35.5. The summed E-state index contributed by atoms with van der Waals surface area (Å²) in [6.07, 6.45) is 3.53. The molecule has 4 rings (SSSR count). The van der Waals surface area contributed by atoms with Crippen LogP contribution in [0.4, 0.5) is 5.69 Å². The predicted molar refractivity (Wildman–Crippen MR) is 120 cm³/mol. The second kappa shape index (κ2) is 7.61. The van der Waals surface area contributed by atoms with E-state index in [4.69, 9.17) is 11.6 Å². The van der Waals surface area contributed by atoms with Gasteiger partial charge in [-0.3, -0.25) is 9.59 Å². The van der Waals surface area contributed by atoms with Gasteiger partial charge in [0, 0.05) is 36.4 Å². The average molecular weight is 423 g/mol. The fraction of sp³-hybridized carbons (Fsp3) is 0.261. The SMILES string of the molecule is C=CC(=O)N1CC[C@@](Nc2ccc3ncn(C)c(=O)c3c2)(c2c(C)cccc2Cl)C1. The third-order valence-corrected chi connectivity index (χ3v) is 6.07. The van der Waals surface area contributed by atoms with Crippen molar-refractivity contribution in [2.75, 3.05) is 18.4 Å². The van der Waals surface area contributed by atoms with Crippen molar-refractivity contribution >= 4 is 34.1 Å². The van der Waals surface area contributed by atoms with E-state index in [-0.39, 0.29) is 11.5 Å². The lowest BCUT2D eigenvalue weighted by molar-refractivity contribution is -0.125. The average Bonchev–Trinajstić information content (AvgIpc) is 3.15. The van der Waals surface area contributed by atoms with Gasteiger partial charge in [-0.15, -0.1) is 0 Å². The summed E-state index contributed by atoms with van der Waals surface area (Å²) in [7, 11) is 1.68. The fourth-order valence-electron chi connectivity index (χ4n) is 4.30. The lowest BCUT2D eigenvalue weighted by Crippen LogP contribution is -2.40. The molecule has 1 N–H and O–H groups in total. The van der Waals surface area contributed by atoms with Crippen LogP contribution in [-0.2, 0) is 17.4 Å². The molecule has 0 bridgehead atoms. The molecule has 154 valence electrons. The highest BCUT2D eigenvalue weighted by Crippen LogP contribution is 2.41. The molecule has 2 heterocycles. The molecule has 3 aromatic rings. The molecule has 2 aromatic carbocycles. The van der Waals surface area contributed by atoms with Crippen LogP contribution in [-0.4, -0.2) is 33.4 Å². The molecule has 0 spiro atoms. The van der Waals surface area contributed by atoms with Crippen LogP contribution in [0.1, 0.15) is 17.5 Å². The number of amides is 1. The Morgan fingerprint density at radius 3 is 2.87 bits per heavy atom. The highest BCUT2D eigenvalue weighted by molar-refractivity contribution is 6.31. The quantitative estimate of drug-likeness (QED) is 0.652. The van der Waals surface area contributed by atoms with E-state index < -0.39 is 5.54 Å². The number of aromatic nitrogens is 2. The van der Waals surface area contributed by atoms with Gasteiger partial charge >= 0.3 is 0 Å². The van der Waals surface area contributed by atoms with Crippen LogP contribution < -0.4 is 10.9 Å². The smallest absolute Gasteiger partial charge is 0.260 e. The lowest BCUT2D eigenvalue weighted by atomic mass is 9.85. The summed E-state index contributed by atoms with van der Waals surface area (Å²) in [6, 6.07) is 11.3. The van der Waals surface area contributed by atoms with E-state index in [0.717, 1.165) is 16.8 Å². The molecule has 1 aliphatic rings. The van der Waals surface area contributed by atoms with Gasteiger partial charge < -0.3 is 14.8 Å². The number of benzene rings is 2. The van der Waals surface area contributed by atoms with Crippen LogP contribution in [0.3, 0.4) is 0 Å². The highest BCUT2D eigenvalue weighted by Gasteiger charge is 2.43. The van der Waals surface area contributed by atoms with Gasteiger partial charge in [0.25, 0.3) is 5.56 Å². The molecule has 30 heavy (non-hydrogen) atoms. The van der Waals surface area contributed by atoms with Gasteiger partial charge in [0.05, 0.1) is 22.8 Å². The topological polar surface area (TPSA) is 67.2 Å². The zero-order valence-electron chi connectivity index (χ0n) is 17.0. The predicted octanol–water partition coefficient (Wildman–Crippen LogP) is 3.62. The molecular weight excluding hydrogens is 400 g/mol. The van der Waals surface area contributed by atoms with E-state index in [9.17, 15) is 9.59 Å². The number of halogens is 1. The largest absolute Gasteiger partial charge is 0.374 e. The van der Waals surface area contributed by atoms with Crippen molar-refractivity contribution < 1.29 is 4.79 Å². The van der Waals surface area contributed by atoms with E-state index >= 15 is 0 Å². The summed E-state index contributed by atoms with van der Waals surface area (Å²) in [4.78, 5) is 31.0. The second-order valence-corrected chi connectivity index (χ2v) is 8.15. The summed E-state index contributed by atoms with van der Waals surface area (Å²) < 4.78 is 1.46. The Labute approximate surface area is 179 Å². The molecule has 1 aromatic heterocycles. The van der Waals surface area contributed by atoms with Crippen molar-refractivity contribution in [3.05, 3.63) is 81.9 Å². The van der Waals surface area contributed by atoms with Crippen LogP contribution in [0.5, 0.6) is 0 Å². The minimum Gasteiger partial charge on any atom is -0.374 e. The molecule has 0 unspecified atom stereocenters. The number of carbonyl (C=O) groups is 1. The van der Waals surface area contributed by atoms with Gasteiger partial charge in [-0.2, -0.15) is 0 Å². The first kappa shape index (κ1) is 20.2. The number of nitrogens with zero attached hydrogens (tertiary/aromatic N) is 3. The summed E-state index contributed by atoms with van der Waals surface area (Å²) in [5.41, 5.74) is 2.73. The van der Waals surface area contributed by atoms with Crippen molar-refractivity contribution in [3.8, 4) is 0 Å². The number of anilines is 1. The van der Waals surface area contributed by atoms with Crippen molar-refractivity contribution in [1.29, 1.82) is 0 Å². The van der Waals surface area contributed by atoms with E-state index in [1.807, 2.05) is 43.3 Å². The van der Waals surface area contributed by atoms with Gasteiger partial charge in [0.1, 0.15) is 0 Å². The summed E-state index contributed by atoms with van der Waals surface area (Å²) >= 11 is 6.64. The number of likely N-dealkylation sites (tertiary alicyclic amines) is 1. The number of hydrogen-bond donors (Lipinski definition) is 1. The standard InChI is InChI=1S/C23H23ClN4O2/c1-4-20(29)28-11-10-23(13-28,21-15(2)6-5-7-18(21)24)26-16-8-9-19-17(12-16)22(30)27(3)14-25-19/h4-9,12,14,26H,1,10-11,13H2,2-3H3/t23-/m0/s1. The zero-order chi connectivity index (χ0) is 21.5. The Morgan fingerprint density at radius 1 is 1.33 bits per heavy atom. The number of rotatable bonds is 4. The molecule has 1 saturated heterocycles. The Kier molecular flexibility index (Phi) is 5.12. The van der Waals surface area contributed by atoms with E-state index in [0.29, 0.717) is 35.4 Å². The van der Waals surface area contributed by atoms with Gasteiger partial charge in [-0.25, -0.2) is 4.98 Å². The van der Waals surface area contributed by atoms with Crippen molar-refractivity contribution in [2.24, 2.45) is 7.05 Å². The minimum atomic E-state index is -0.581. The van der Waals surface area contributed by atoms with Gasteiger partial charge in [0.2, 0.25) is 5.91 Å². The Balaban J connectivity index is 1.83. The van der Waals surface area contributed by atoms with Gasteiger partial charge in [0.15, 0.2) is 0 Å². The normalized spacial score (nSPS) is 18.6. The monoisotopic (exact) mass is 422 g/mol. The molecule has 0 aliphatic carbocycles. The van der Waals surface area contributed by atoms with Gasteiger partial charge in [-0.05, 0) is 49.2 Å². The van der Waals surface area contributed by atoms with E-state index in [1.54, 1.807) is 11.9 Å². The van der Waals surface area contributed by atoms with Crippen LogP contribution in [0.2, 0.25) is 5.02 Å². The number of fused-ring (bicyclic) bond motifs is 1. The number of nitrogens with one attached hydrogen (secondary N) is 1. The summed E-state index contributed by atoms with van der Waals surface area (Å²) in [6.45, 7) is 6.66. The van der Waals surface area contributed by atoms with E-state index in [1.165, 1.54) is 17.0 Å². The summed E-state index contributed by atoms with van der Waals surface area (Å²) in [5.74, 6) is -0.111. The van der Waals surface area contributed by atoms with Crippen LogP contribution >= 0.6 is 11.6 Å². The number of carbonyl (C=O) groups excluding carboxylic acids is 1. The first-order chi connectivity index (χ1) is 14.3. The fourth-order valence-corrected chi connectivity index (χ4v) is 4.70. The Morgan fingerprint density at radius 2 is 2.13 bits per heavy atom. The lowest BCUT2D eigenvalue weighted by Gasteiger charge is -2.34. The third-order valence-electron chi connectivity index (χ3n) is 5.76. The number of hydrogen-bond acceptors (Lipinski definition) is 4. The van der Waals surface area contributed by atoms with Crippen LogP contribution in [0, 0.1) is 6.92 Å².